The number of likely N-dealkylation sites (tertiary alicyclic amines) is 1. The molecule has 1 saturated heterocycles. The van der Waals surface area contributed by atoms with Crippen LogP contribution in [0.5, 0.6) is 0 Å². The van der Waals surface area contributed by atoms with Crippen LogP contribution in [-0.2, 0) is 0 Å². The fraction of sp³-hybridized carbons (Fsp3) is 0.733. The number of hydrogen-bond acceptors (Lipinski definition) is 3. The van der Waals surface area contributed by atoms with Crippen LogP contribution >= 0.6 is 11.3 Å². The quantitative estimate of drug-likeness (QED) is 0.845. The maximum Gasteiger partial charge on any atom is 0.0596 e. The highest BCUT2D eigenvalue weighted by Gasteiger charge is 2.37. The van der Waals surface area contributed by atoms with E-state index >= 15 is 0 Å². The zero-order valence-electron chi connectivity index (χ0n) is 11.9. The smallest absolute Gasteiger partial charge is 0.0596 e. The second-order valence-corrected chi connectivity index (χ2v) is 6.73. The van der Waals surface area contributed by atoms with Crippen molar-refractivity contribution in [3.63, 3.8) is 0 Å². The molecule has 2 heterocycles. The van der Waals surface area contributed by atoms with E-state index in [1.54, 1.807) is 0 Å². The lowest BCUT2D eigenvalue weighted by molar-refractivity contribution is 0.108. The second kappa shape index (κ2) is 6.18. The summed E-state index contributed by atoms with van der Waals surface area (Å²) in [6, 6.07) is 4.90. The monoisotopic (exact) mass is 266 g/mol. The number of nitrogens with one attached hydrogen (secondary N) is 1. The highest BCUT2D eigenvalue weighted by molar-refractivity contribution is 7.10. The Hall–Kier alpha value is -0.380. The number of nitrogens with zero attached hydrogens (tertiary/aromatic N) is 1. The number of hydrogen-bond donors (Lipinski definition) is 1. The molecule has 102 valence electrons. The van der Waals surface area contributed by atoms with Crippen LogP contribution in [-0.4, -0.2) is 30.1 Å². The minimum atomic E-state index is 0.205. The zero-order valence-corrected chi connectivity index (χ0v) is 12.7. The van der Waals surface area contributed by atoms with Crippen LogP contribution in [0.15, 0.2) is 17.5 Å². The van der Waals surface area contributed by atoms with Crippen molar-refractivity contribution in [2.75, 3.05) is 19.6 Å². The Labute approximate surface area is 115 Å². The summed E-state index contributed by atoms with van der Waals surface area (Å²) < 4.78 is 0. The Balaban J connectivity index is 2.16. The van der Waals surface area contributed by atoms with Crippen molar-refractivity contribution >= 4 is 11.3 Å². The van der Waals surface area contributed by atoms with Gasteiger partial charge in [-0.1, -0.05) is 13.0 Å². The molecule has 3 heteroatoms. The first-order chi connectivity index (χ1) is 8.66. The van der Waals surface area contributed by atoms with Crippen LogP contribution in [0.3, 0.4) is 0 Å². The molecule has 1 aromatic heterocycles. The summed E-state index contributed by atoms with van der Waals surface area (Å²) in [6.45, 7) is 10.6. The Morgan fingerprint density at radius 3 is 2.67 bits per heavy atom. The first kappa shape index (κ1) is 14.0. The predicted molar refractivity (Wildman–Crippen MR) is 80.2 cm³/mol. The third kappa shape index (κ3) is 2.95. The zero-order chi connectivity index (χ0) is 13.0. The van der Waals surface area contributed by atoms with E-state index in [4.69, 9.17) is 0 Å². The van der Waals surface area contributed by atoms with E-state index in [1.807, 2.05) is 11.3 Å². The summed E-state index contributed by atoms with van der Waals surface area (Å²) in [5, 5.41) is 5.95. The van der Waals surface area contributed by atoms with Gasteiger partial charge in [-0.3, -0.25) is 4.90 Å². The van der Waals surface area contributed by atoms with E-state index in [9.17, 15) is 0 Å². The lowest BCUT2D eigenvalue weighted by atomic mass is 9.91. The first-order valence-corrected chi connectivity index (χ1v) is 8.06. The van der Waals surface area contributed by atoms with Gasteiger partial charge in [0.05, 0.1) is 6.04 Å². The van der Waals surface area contributed by atoms with Gasteiger partial charge in [-0.2, -0.15) is 0 Å². The van der Waals surface area contributed by atoms with Gasteiger partial charge in [-0.15, -0.1) is 11.3 Å². The molecule has 0 radical (unpaired) electrons. The summed E-state index contributed by atoms with van der Waals surface area (Å²) in [4.78, 5) is 4.13. The lowest BCUT2D eigenvalue weighted by Gasteiger charge is -2.42. The SMILES string of the molecule is CCCNC(c1cccs1)C(C)(C)N1CCCC1. The average molecular weight is 266 g/mol. The van der Waals surface area contributed by atoms with Gasteiger partial charge < -0.3 is 5.32 Å². The second-order valence-electron chi connectivity index (χ2n) is 5.75. The maximum atomic E-state index is 3.76. The van der Waals surface area contributed by atoms with Crippen LogP contribution in [0.4, 0.5) is 0 Å². The molecule has 0 bridgehead atoms. The molecule has 18 heavy (non-hydrogen) atoms. The molecule has 1 aromatic rings. The van der Waals surface area contributed by atoms with Gasteiger partial charge in [0.2, 0.25) is 0 Å². The molecule has 2 rings (SSSR count). The molecule has 1 unspecified atom stereocenters. The largest absolute Gasteiger partial charge is 0.308 e. The molecule has 0 aliphatic carbocycles. The van der Waals surface area contributed by atoms with Gasteiger partial charge in [-0.25, -0.2) is 0 Å². The fourth-order valence-electron chi connectivity index (χ4n) is 2.92. The molecule has 0 aromatic carbocycles. The molecule has 2 nitrogen and oxygen atoms in total. The molecular formula is C15H26N2S. The van der Waals surface area contributed by atoms with Crippen molar-refractivity contribution in [1.82, 2.24) is 10.2 Å². The van der Waals surface area contributed by atoms with Crippen molar-refractivity contribution in [1.29, 1.82) is 0 Å². The van der Waals surface area contributed by atoms with E-state index < -0.39 is 0 Å². The van der Waals surface area contributed by atoms with E-state index in [1.165, 1.54) is 37.2 Å². The molecule has 1 N–H and O–H groups in total. The molecule has 0 amide bonds. The van der Waals surface area contributed by atoms with Crippen molar-refractivity contribution in [2.24, 2.45) is 0 Å². The number of thiophene rings is 1. The molecule has 0 saturated carbocycles. The molecule has 1 atom stereocenters. The van der Waals surface area contributed by atoms with Crippen molar-refractivity contribution in [3.05, 3.63) is 22.4 Å². The Morgan fingerprint density at radius 1 is 1.39 bits per heavy atom. The van der Waals surface area contributed by atoms with Crippen LogP contribution in [0.1, 0.15) is 51.0 Å². The van der Waals surface area contributed by atoms with Gasteiger partial charge in [0.1, 0.15) is 0 Å². The average Bonchev–Trinajstić information content (AvgIpc) is 3.02. The topological polar surface area (TPSA) is 15.3 Å². The maximum absolute atomic E-state index is 3.76. The summed E-state index contributed by atoms with van der Waals surface area (Å²) in [7, 11) is 0. The fourth-order valence-corrected chi connectivity index (χ4v) is 3.90. The molecular weight excluding hydrogens is 240 g/mol. The van der Waals surface area contributed by atoms with Crippen molar-refractivity contribution in [3.8, 4) is 0 Å². The van der Waals surface area contributed by atoms with E-state index in [0.29, 0.717) is 6.04 Å². The lowest BCUT2D eigenvalue weighted by Crippen LogP contribution is -2.51. The normalized spacial score (nSPS) is 19.3. The summed E-state index contributed by atoms with van der Waals surface area (Å²) >= 11 is 1.88. The van der Waals surface area contributed by atoms with Crippen LogP contribution in [0.25, 0.3) is 0 Å². The van der Waals surface area contributed by atoms with Gasteiger partial charge in [0.25, 0.3) is 0 Å². The molecule has 1 aliphatic rings. The van der Waals surface area contributed by atoms with Crippen LogP contribution < -0.4 is 5.32 Å². The molecule has 0 spiro atoms. The minimum Gasteiger partial charge on any atom is -0.308 e. The van der Waals surface area contributed by atoms with Gasteiger partial charge >= 0.3 is 0 Å². The van der Waals surface area contributed by atoms with E-state index in [-0.39, 0.29) is 5.54 Å². The van der Waals surface area contributed by atoms with Crippen LogP contribution in [0, 0.1) is 0 Å². The summed E-state index contributed by atoms with van der Waals surface area (Å²) in [5.41, 5.74) is 0.205. The van der Waals surface area contributed by atoms with Crippen LogP contribution in [0.2, 0.25) is 0 Å². The first-order valence-electron chi connectivity index (χ1n) is 7.18. The highest BCUT2D eigenvalue weighted by Crippen LogP contribution is 2.35. The number of rotatable bonds is 6. The van der Waals surface area contributed by atoms with E-state index in [2.05, 4.69) is 48.5 Å². The van der Waals surface area contributed by atoms with Gasteiger partial charge in [-0.05, 0) is 64.2 Å². The third-order valence-corrected chi connectivity index (χ3v) is 4.99. The van der Waals surface area contributed by atoms with Crippen molar-refractivity contribution in [2.45, 2.75) is 51.6 Å². The predicted octanol–water partition coefficient (Wildman–Crippen LogP) is 3.66. The Kier molecular flexibility index (Phi) is 4.82. The minimum absolute atomic E-state index is 0.205. The highest BCUT2D eigenvalue weighted by atomic mass is 32.1. The summed E-state index contributed by atoms with van der Waals surface area (Å²) in [5.74, 6) is 0. The van der Waals surface area contributed by atoms with Crippen molar-refractivity contribution < 1.29 is 0 Å². The third-order valence-electron chi connectivity index (χ3n) is 4.05. The van der Waals surface area contributed by atoms with Gasteiger partial charge in [0.15, 0.2) is 0 Å². The van der Waals surface area contributed by atoms with Gasteiger partial charge in [0, 0.05) is 10.4 Å². The Bertz CT molecular complexity index is 339. The molecule has 1 fully saturated rings. The molecule has 1 aliphatic heterocycles. The van der Waals surface area contributed by atoms with E-state index in [0.717, 1.165) is 6.54 Å². The standard InChI is InChI=1S/C15H26N2S/c1-4-9-16-14(13-8-7-12-18-13)15(2,3)17-10-5-6-11-17/h7-8,12,14,16H,4-6,9-11H2,1-3H3. The Morgan fingerprint density at radius 2 is 2.11 bits per heavy atom. The summed E-state index contributed by atoms with van der Waals surface area (Å²) in [6.07, 6.45) is 3.90.